The maximum Gasteiger partial charge on any atom is 0.247 e. The topological polar surface area (TPSA) is 73.0 Å². The van der Waals surface area contributed by atoms with Gasteiger partial charge in [0, 0.05) is 43.5 Å². The molecule has 7 nitrogen and oxygen atoms in total. The van der Waals surface area contributed by atoms with Gasteiger partial charge in [0.05, 0.1) is 5.38 Å². The number of nitrogens with one attached hydrogen (secondary N) is 1. The van der Waals surface area contributed by atoms with Crippen molar-refractivity contribution in [3.05, 3.63) is 34.9 Å². The first-order valence-electron chi connectivity index (χ1n) is 15.3. The van der Waals surface area contributed by atoms with E-state index < -0.39 is 23.8 Å². The molecule has 226 valence electrons. The lowest BCUT2D eigenvalue weighted by atomic mass is 9.68. The average molecular weight is 610 g/mol. The molecule has 0 radical (unpaired) electrons. The second kappa shape index (κ2) is 13.2. The first-order chi connectivity index (χ1) is 19.7. The predicted octanol–water partition coefficient (Wildman–Crippen LogP) is 5.13. The highest BCUT2D eigenvalue weighted by Gasteiger charge is 2.55. The number of benzene rings is 1. The molecule has 10 heteroatoms. The minimum atomic E-state index is -1.37. The number of amides is 3. The van der Waals surface area contributed by atoms with Gasteiger partial charge in [-0.3, -0.25) is 19.7 Å². The van der Waals surface area contributed by atoms with Gasteiger partial charge in [-0.1, -0.05) is 68.7 Å². The molecule has 5 rings (SSSR count). The minimum absolute atomic E-state index is 0.00486. The Morgan fingerprint density at radius 1 is 1.02 bits per heavy atom. The summed E-state index contributed by atoms with van der Waals surface area (Å²) in [7, 11) is 0. The lowest BCUT2D eigenvalue weighted by Crippen LogP contribution is -2.71. The largest absolute Gasteiger partial charge is 0.342 e. The fraction of sp³-hybridized carbons (Fsp3) is 0.710. The fourth-order valence-corrected chi connectivity index (χ4v) is 7.90. The van der Waals surface area contributed by atoms with Gasteiger partial charge in [-0.15, -0.1) is 11.6 Å². The van der Waals surface area contributed by atoms with Crippen molar-refractivity contribution in [2.75, 3.05) is 26.2 Å². The SMILES string of the molecule is CC(=O)N1CC(CC2C(=O)N(C3NCC(Cl)C4(CCCCCCCCC4)C3F)CC(=O)N2Cc2ccc(Cl)cc2)C1. The molecule has 3 saturated heterocycles. The Hall–Kier alpha value is -1.90. The Balaban J connectivity index is 1.38. The monoisotopic (exact) mass is 608 g/mol. The van der Waals surface area contributed by atoms with Crippen LogP contribution in [0.3, 0.4) is 0 Å². The molecule has 4 unspecified atom stereocenters. The Morgan fingerprint density at radius 3 is 2.24 bits per heavy atom. The van der Waals surface area contributed by atoms with E-state index in [0.717, 1.165) is 44.1 Å². The third-order valence-corrected chi connectivity index (χ3v) is 10.7. The number of nitrogens with zero attached hydrogens (tertiary/aromatic N) is 3. The number of carbonyl (C=O) groups excluding carboxylic acids is 3. The van der Waals surface area contributed by atoms with Crippen molar-refractivity contribution < 1.29 is 18.8 Å². The smallest absolute Gasteiger partial charge is 0.247 e. The second-order valence-corrected chi connectivity index (χ2v) is 13.5. The average Bonchev–Trinajstić information content (AvgIpc) is 2.92. The summed E-state index contributed by atoms with van der Waals surface area (Å²) in [5.74, 6) is -0.326. The number of hydrogen-bond acceptors (Lipinski definition) is 4. The van der Waals surface area contributed by atoms with E-state index in [1.54, 1.807) is 21.9 Å². The summed E-state index contributed by atoms with van der Waals surface area (Å²) in [5, 5.41) is 3.46. The second-order valence-electron chi connectivity index (χ2n) is 12.6. The molecule has 1 aliphatic carbocycles. The van der Waals surface area contributed by atoms with Crippen molar-refractivity contribution in [2.45, 2.75) is 101 Å². The van der Waals surface area contributed by atoms with Gasteiger partial charge in [0.25, 0.3) is 0 Å². The van der Waals surface area contributed by atoms with E-state index in [1.807, 2.05) is 12.1 Å². The first kappa shape index (κ1) is 30.6. The zero-order valence-electron chi connectivity index (χ0n) is 24.0. The Morgan fingerprint density at radius 2 is 1.63 bits per heavy atom. The zero-order chi connectivity index (χ0) is 29.1. The van der Waals surface area contributed by atoms with Crippen molar-refractivity contribution >= 4 is 40.9 Å². The van der Waals surface area contributed by atoms with E-state index in [-0.39, 0.29) is 42.1 Å². The Kier molecular flexibility index (Phi) is 9.82. The van der Waals surface area contributed by atoms with Crippen LogP contribution < -0.4 is 5.32 Å². The van der Waals surface area contributed by atoms with Gasteiger partial charge in [-0.05, 0) is 42.9 Å². The summed E-state index contributed by atoms with van der Waals surface area (Å²) in [6, 6.07) is 6.52. The molecule has 3 amide bonds. The van der Waals surface area contributed by atoms with Gasteiger partial charge in [-0.25, -0.2) is 4.39 Å². The van der Waals surface area contributed by atoms with Crippen LogP contribution in [0.4, 0.5) is 4.39 Å². The molecule has 4 atom stereocenters. The van der Waals surface area contributed by atoms with Crippen LogP contribution in [0.5, 0.6) is 0 Å². The van der Waals surface area contributed by atoms with Crippen LogP contribution in [-0.4, -0.2) is 82.4 Å². The summed E-state index contributed by atoms with van der Waals surface area (Å²) < 4.78 is 16.8. The van der Waals surface area contributed by atoms with Gasteiger partial charge in [0.1, 0.15) is 24.9 Å². The van der Waals surface area contributed by atoms with Crippen molar-refractivity contribution in [3.8, 4) is 0 Å². The van der Waals surface area contributed by atoms with Crippen molar-refractivity contribution in [1.29, 1.82) is 0 Å². The molecule has 1 aromatic carbocycles. The standard InChI is InChI=1S/C31H43Cl2FN4O3/c1-21(39)36-17-23(18-36)15-25-30(41)38(20-27(40)37(25)19-22-9-11-24(32)12-10-22)29-28(34)31(26(33)16-35-29)13-7-5-3-2-4-6-8-14-31/h9-12,23,25-26,28-29,35H,2-8,13-20H2,1H3. The van der Waals surface area contributed by atoms with Crippen LogP contribution in [0.1, 0.15) is 76.7 Å². The molecule has 1 spiro atoms. The molecule has 0 aromatic heterocycles. The van der Waals surface area contributed by atoms with Crippen LogP contribution in [0.15, 0.2) is 24.3 Å². The molecule has 0 bridgehead atoms. The molecular weight excluding hydrogens is 566 g/mol. The number of piperidine rings is 1. The lowest BCUT2D eigenvalue weighted by Gasteiger charge is -2.53. The molecule has 3 aliphatic heterocycles. The minimum Gasteiger partial charge on any atom is -0.342 e. The first-order valence-corrected chi connectivity index (χ1v) is 16.1. The summed E-state index contributed by atoms with van der Waals surface area (Å²) in [6.07, 6.45) is 7.11. The normalized spacial score (nSPS) is 29.9. The molecule has 41 heavy (non-hydrogen) atoms. The number of rotatable bonds is 5. The maximum absolute atomic E-state index is 16.8. The van der Waals surface area contributed by atoms with Crippen molar-refractivity contribution in [2.24, 2.45) is 11.3 Å². The van der Waals surface area contributed by atoms with E-state index >= 15 is 4.39 Å². The molecule has 4 aliphatic rings. The third kappa shape index (κ3) is 6.54. The van der Waals surface area contributed by atoms with Crippen LogP contribution in [0.2, 0.25) is 5.02 Å². The highest BCUT2D eigenvalue weighted by molar-refractivity contribution is 6.30. The number of carbonyl (C=O) groups is 3. The Labute approximate surface area is 253 Å². The summed E-state index contributed by atoms with van der Waals surface area (Å²) in [4.78, 5) is 44.6. The summed E-state index contributed by atoms with van der Waals surface area (Å²) in [5.41, 5.74) is 0.155. The van der Waals surface area contributed by atoms with Crippen molar-refractivity contribution in [1.82, 2.24) is 20.0 Å². The molecule has 4 fully saturated rings. The van der Waals surface area contributed by atoms with Gasteiger partial charge < -0.3 is 14.7 Å². The zero-order valence-corrected chi connectivity index (χ0v) is 25.5. The van der Waals surface area contributed by atoms with Gasteiger partial charge in [-0.2, -0.15) is 0 Å². The maximum atomic E-state index is 16.8. The third-order valence-electron chi connectivity index (χ3n) is 9.87. The van der Waals surface area contributed by atoms with Crippen molar-refractivity contribution in [3.63, 3.8) is 0 Å². The van der Waals surface area contributed by atoms with Crippen LogP contribution in [0, 0.1) is 11.3 Å². The number of hydrogen-bond donors (Lipinski definition) is 1. The van der Waals surface area contributed by atoms with E-state index in [1.165, 1.54) is 18.2 Å². The molecule has 1 N–H and O–H groups in total. The quantitative estimate of drug-likeness (QED) is 0.470. The number of halogens is 3. The van der Waals surface area contributed by atoms with Gasteiger partial charge >= 0.3 is 0 Å². The van der Waals surface area contributed by atoms with Gasteiger partial charge in [0.2, 0.25) is 17.7 Å². The van der Waals surface area contributed by atoms with E-state index in [0.29, 0.717) is 43.9 Å². The lowest BCUT2D eigenvalue weighted by molar-refractivity contribution is -0.166. The number of piperazine rings is 1. The van der Waals surface area contributed by atoms with Crippen LogP contribution in [0.25, 0.3) is 0 Å². The predicted molar refractivity (Wildman–Crippen MR) is 158 cm³/mol. The molecule has 1 saturated carbocycles. The Bertz CT molecular complexity index is 1090. The number of alkyl halides is 2. The highest BCUT2D eigenvalue weighted by Crippen LogP contribution is 2.47. The van der Waals surface area contributed by atoms with E-state index in [4.69, 9.17) is 23.2 Å². The van der Waals surface area contributed by atoms with E-state index in [2.05, 4.69) is 5.32 Å². The fourth-order valence-electron chi connectivity index (χ4n) is 7.35. The number of likely N-dealkylation sites (tertiary alicyclic amines) is 1. The molecular formula is C31H43Cl2FN4O3. The molecule has 1 aromatic rings. The van der Waals surface area contributed by atoms with Gasteiger partial charge in [0.15, 0.2) is 0 Å². The van der Waals surface area contributed by atoms with Crippen LogP contribution in [-0.2, 0) is 20.9 Å². The van der Waals surface area contributed by atoms with E-state index in [9.17, 15) is 14.4 Å². The summed E-state index contributed by atoms with van der Waals surface area (Å²) in [6.45, 7) is 3.16. The summed E-state index contributed by atoms with van der Waals surface area (Å²) >= 11 is 13.0. The molecule has 3 heterocycles. The highest BCUT2D eigenvalue weighted by atomic mass is 35.5. The van der Waals surface area contributed by atoms with Crippen LogP contribution >= 0.6 is 23.2 Å².